The summed E-state index contributed by atoms with van der Waals surface area (Å²) in [4.78, 5) is 14.2. The van der Waals surface area contributed by atoms with Gasteiger partial charge in [-0.3, -0.25) is 0 Å². The predicted molar refractivity (Wildman–Crippen MR) is 196 cm³/mol. The Bertz CT molecular complexity index is 2210. The van der Waals surface area contributed by atoms with Gasteiger partial charge >= 0.3 is 0 Å². The predicted octanol–water partition coefficient (Wildman–Crippen LogP) is 10.1. The number of rotatable bonds is 6. The van der Waals surface area contributed by atoms with Crippen molar-refractivity contribution in [3.63, 3.8) is 0 Å². The molecule has 2 bridgehead atoms. The van der Waals surface area contributed by atoms with Crippen LogP contribution in [0.1, 0.15) is 56.9 Å². The first-order chi connectivity index (χ1) is 24.7. The van der Waals surface area contributed by atoms with Crippen molar-refractivity contribution in [3.05, 3.63) is 203 Å². The molecule has 50 heavy (non-hydrogen) atoms. The standard InChI is InChI=1S/C44H28N6/c45-27-39-40(28-46)48-44-42-35-23-21-33(49(29-13-5-1-6-14-29)30-15-7-2-8-16-30)25-37(35)41(43(44)47-39)36-24-22-34(26-38(36)42)50(31-17-9-3-10-18-31)32-19-11-4-12-20-32/h1-26,41-42H. The molecule has 0 spiro atoms. The summed E-state index contributed by atoms with van der Waals surface area (Å²) >= 11 is 0. The first-order valence-electron chi connectivity index (χ1n) is 16.5. The molecule has 3 aliphatic rings. The number of benzene rings is 6. The number of nitriles is 2. The zero-order chi connectivity index (χ0) is 33.6. The number of anilines is 6. The molecule has 2 atom stereocenters. The highest BCUT2D eigenvalue weighted by atomic mass is 15.1. The maximum Gasteiger partial charge on any atom is 0.177 e. The summed E-state index contributed by atoms with van der Waals surface area (Å²) in [6, 6.07) is 59.0. The molecule has 1 heterocycles. The Kier molecular flexibility index (Phi) is 6.93. The van der Waals surface area contributed by atoms with E-state index in [0.29, 0.717) is 0 Å². The molecular formula is C44H28N6. The Morgan fingerprint density at radius 1 is 0.380 bits per heavy atom. The lowest BCUT2D eigenvalue weighted by Gasteiger charge is -2.42. The third-order valence-corrected chi connectivity index (χ3v) is 9.67. The number of nitrogens with zero attached hydrogens (tertiary/aromatic N) is 6. The van der Waals surface area contributed by atoms with E-state index in [1.54, 1.807) is 0 Å². The van der Waals surface area contributed by atoms with E-state index in [1.807, 2.05) is 24.3 Å². The Labute approximate surface area is 290 Å². The summed E-state index contributed by atoms with van der Waals surface area (Å²) in [6.45, 7) is 0. The molecular weight excluding hydrogens is 613 g/mol. The van der Waals surface area contributed by atoms with E-state index in [4.69, 9.17) is 9.97 Å². The minimum absolute atomic E-state index is 0.0594. The third kappa shape index (κ3) is 4.63. The molecule has 0 aliphatic heterocycles. The van der Waals surface area contributed by atoms with Crippen LogP contribution in [0, 0.1) is 22.7 Å². The van der Waals surface area contributed by atoms with Gasteiger partial charge in [0.05, 0.1) is 23.2 Å². The molecule has 0 fully saturated rings. The molecule has 0 radical (unpaired) electrons. The van der Waals surface area contributed by atoms with E-state index in [2.05, 4.69) is 155 Å². The number of para-hydroxylation sites is 4. The van der Waals surface area contributed by atoms with E-state index in [1.165, 1.54) is 0 Å². The average molecular weight is 641 g/mol. The van der Waals surface area contributed by atoms with Crippen LogP contribution < -0.4 is 9.80 Å². The largest absolute Gasteiger partial charge is 0.310 e. The van der Waals surface area contributed by atoms with Gasteiger partial charge in [0.25, 0.3) is 0 Å². The minimum Gasteiger partial charge on any atom is -0.310 e. The van der Waals surface area contributed by atoms with Crippen LogP contribution in [0.15, 0.2) is 158 Å². The van der Waals surface area contributed by atoms with Gasteiger partial charge in [0.15, 0.2) is 11.4 Å². The Balaban J connectivity index is 1.25. The highest BCUT2D eigenvalue weighted by molar-refractivity contribution is 5.81. The Morgan fingerprint density at radius 3 is 1.00 bits per heavy atom. The number of hydrogen-bond acceptors (Lipinski definition) is 6. The van der Waals surface area contributed by atoms with Crippen molar-refractivity contribution in [2.75, 3.05) is 9.80 Å². The van der Waals surface area contributed by atoms with Crippen LogP contribution in [0.5, 0.6) is 0 Å². The number of hydrogen-bond donors (Lipinski definition) is 0. The van der Waals surface area contributed by atoms with Gasteiger partial charge in [0.1, 0.15) is 12.1 Å². The summed E-state index contributed by atoms with van der Waals surface area (Å²) in [6.07, 6.45) is 0. The zero-order valence-electron chi connectivity index (χ0n) is 26.8. The first-order valence-corrected chi connectivity index (χ1v) is 16.5. The lowest BCUT2D eigenvalue weighted by molar-refractivity contribution is 0.696. The van der Waals surface area contributed by atoms with Gasteiger partial charge in [-0.2, -0.15) is 10.5 Å². The van der Waals surface area contributed by atoms with Gasteiger partial charge < -0.3 is 9.80 Å². The van der Waals surface area contributed by atoms with Crippen molar-refractivity contribution in [1.29, 1.82) is 10.5 Å². The molecule has 1 aromatic heterocycles. The van der Waals surface area contributed by atoms with Crippen LogP contribution in [-0.4, -0.2) is 9.97 Å². The molecule has 7 aromatic rings. The molecule has 6 heteroatoms. The van der Waals surface area contributed by atoms with Crippen molar-refractivity contribution in [3.8, 4) is 12.1 Å². The van der Waals surface area contributed by atoms with E-state index >= 15 is 0 Å². The maximum atomic E-state index is 9.98. The normalized spacial score (nSPS) is 14.8. The molecule has 234 valence electrons. The van der Waals surface area contributed by atoms with Crippen molar-refractivity contribution in [1.82, 2.24) is 9.97 Å². The van der Waals surface area contributed by atoms with Crippen LogP contribution in [-0.2, 0) is 0 Å². The Morgan fingerprint density at radius 2 is 0.700 bits per heavy atom. The topological polar surface area (TPSA) is 79.8 Å². The minimum atomic E-state index is -0.267. The van der Waals surface area contributed by atoms with Gasteiger partial charge in [-0.05, 0) is 95.1 Å². The van der Waals surface area contributed by atoms with Crippen molar-refractivity contribution in [2.45, 2.75) is 11.8 Å². The molecule has 0 N–H and O–H groups in total. The summed E-state index contributed by atoms with van der Waals surface area (Å²) in [5.74, 6) is -0.534. The molecule has 0 saturated carbocycles. The smallest absolute Gasteiger partial charge is 0.177 e. The highest BCUT2D eigenvalue weighted by Gasteiger charge is 2.45. The lowest BCUT2D eigenvalue weighted by atomic mass is 9.64. The van der Waals surface area contributed by atoms with Crippen molar-refractivity contribution in [2.24, 2.45) is 0 Å². The van der Waals surface area contributed by atoms with Crippen LogP contribution in [0.3, 0.4) is 0 Å². The van der Waals surface area contributed by atoms with Gasteiger partial charge in [-0.15, -0.1) is 0 Å². The molecule has 6 aromatic carbocycles. The van der Waals surface area contributed by atoms with E-state index in [-0.39, 0.29) is 23.2 Å². The van der Waals surface area contributed by atoms with E-state index in [0.717, 1.165) is 67.8 Å². The molecule has 3 aliphatic carbocycles. The highest BCUT2D eigenvalue weighted by Crippen LogP contribution is 2.56. The second kappa shape index (κ2) is 11.9. The SMILES string of the molecule is N#Cc1nc2c(nc1C#N)C1c3ccc(N(c4ccccc4)c4ccccc4)cc3C2c2ccc(N(c3ccccc3)c3ccccc3)cc21. The summed E-state index contributed by atoms with van der Waals surface area (Å²) < 4.78 is 0. The quantitative estimate of drug-likeness (QED) is 0.180. The van der Waals surface area contributed by atoms with Crippen LogP contribution in [0.4, 0.5) is 34.1 Å². The maximum absolute atomic E-state index is 9.98. The van der Waals surface area contributed by atoms with Gasteiger partial charge in [-0.1, -0.05) is 84.9 Å². The van der Waals surface area contributed by atoms with Crippen LogP contribution in [0.2, 0.25) is 0 Å². The van der Waals surface area contributed by atoms with Gasteiger partial charge in [0, 0.05) is 34.1 Å². The van der Waals surface area contributed by atoms with Crippen molar-refractivity contribution < 1.29 is 0 Å². The molecule has 2 unspecified atom stereocenters. The Hall–Kier alpha value is -7.02. The molecule has 6 nitrogen and oxygen atoms in total. The average Bonchev–Trinajstić information content (AvgIpc) is 3.19. The second-order valence-electron chi connectivity index (χ2n) is 12.4. The van der Waals surface area contributed by atoms with Gasteiger partial charge in [0.2, 0.25) is 0 Å². The fraction of sp³-hybridized carbons (Fsp3) is 0.0455. The fourth-order valence-electron chi connectivity index (χ4n) is 7.60. The summed E-state index contributed by atoms with van der Waals surface area (Å²) in [5.41, 5.74) is 12.4. The van der Waals surface area contributed by atoms with E-state index in [9.17, 15) is 10.5 Å². The molecule has 0 amide bonds. The van der Waals surface area contributed by atoms with Crippen LogP contribution >= 0.6 is 0 Å². The number of aromatic nitrogens is 2. The zero-order valence-corrected chi connectivity index (χ0v) is 26.8. The van der Waals surface area contributed by atoms with E-state index < -0.39 is 0 Å². The van der Waals surface area contributed by atoms with Crippen molar-refractivity contribution >= 4 is 34.1 Å². The fourth-order valence-corrected chi connectivity index (χ4v) is 7.60. The van der Waals surface area contributed by atoms with Crippen LogP contribution in [0.25, 0.3) is 0 Å². The second-order valence-corrected chi connectivity index (χ2v) is 12.4. The third-order valence-electron chi connectivity index (χ3n) is 9.67. The molecule has 0 saturated heterocycles. The lowest BCUT2D eigenvalue weighted by Crippen LogP contribution is -2.31. The van der Waals surface area contributed by atoms with Gasteiger partial charge in [-0.25, -0.2) is 9.97 Å². The summed E-state index contributed by atoms with van der Waals surface area (Å²) in [5, 5.41) is 20.0. The summed E-state index contributed by atoms with van der Waals surface area (Å²) in [7, 11) is 0. The molecule has 10 rings (SSSR count). The first kappa shape index (κ1) is 29.1. The monoisotopic (exact) mass is 640 g/mol.